The van der Waals surface area contributed by atoms with Crippen LogP contribution in [0.1, 0.15) is 181 Å². The third kappa shape index (κ3) is 38.9. The molecule has 264 valence electrons. The minimum absolute atomic E-state index is 0.228. The van der Waals surface area contributed by atoms with Crippen molar-refractivity contribution in [3.8, 4) is 0 Å². The minimum Gasteiger partial charge on any atom is -0.379 e. The molecule has 0 radical (unpaired) electrons. The largest absolute Gasteiger partial charge is 0.379 e. The van der Waals surface area contributed by atoms with Crippen molar-refractivity contribution in [3.05, 3.63) is 48.6 Å². The van der Waals surface area contributed by atoms with E-state index in [0.29, 0.717) is 0 Å². The van der Waals surface area contributed by atoms with Gasteiger partial charge >= 0.3 is 0 Å². The highest BCUT2D eigenvalue weighted by molar-refractivity contribution is 4.93. The summed E-state index contributed by atoms with van der Waals surface area (Å²) in [5.74, 6) is 0. The molecule has 45 heavy (non-hydrogen) atoms. The third-order valence-corrected chi connectivity index (χ3v) is 8.38. The molecule has 1 atom stereocenters. The molecule has 0 fully saturated rings. The fourth-order valence-electron chi connectivity index (χ4n) is 5.40. The van der Waals surface area contributed by atoms with Crippen LogP contribution in [-0.4, -0.2) is 39.0 Å². The Kier molecular flexibility index (Phi) is 39.8. The average Bonchev–Trinajstić information content (AvgIpc) is 3.05. The molecule has 0 aliphatic heterocycles. The Morgan fingerprint density at radius 1 is 0.467 bits per heavy atom. The van der Waals surface area contributed by atoms with Crippen LogP contribution in [0.2, 0.25) is 0 Å². The molecule has 0 aliphatic rings. The standard InChI is InChI=1S/C42H79NO2/c1-4-7-9-11-13-15-17-19-21-23-25-27-29-31-33-35-39-44-41-42(37-38-43-6-3)45-40-36-34-32-30-28-26-24-22-20-18-16-14-12-10-8-5-2/h13-16,19-22,42-43H,4-12,17-18,23-41H2,1-3H3. The fourth-order valence-corrected chi connectivity index (χ4v) is 5.40. The second-order valence-corrected chi connectivity index (χ2v) is 12.9. The van der Waals surface area contributed by atoms with Crippen LogP contribution in [0.4, 0.5) is 0 Å². The lowest BCUT2D eigenvalue weighted by Gasteiger charge is -2.18. The van der Waals surface area contributed by atoms with E-state index >= 15 is 0 Å². The number of ether oxygens (including phenoxy) is 2. The van der Waals surface area contributed by atoms with Crippen LogP contribution in [0.5, 0.6) is 0 Å². The van der Waals surface area contributed by atoms with Crippen molar-refractivity contribution < 1.29 is 9.47 Å². The van der Waals surface area contributed by atoms with E-state index in [-0.39, 0.29) is 6.10 Å². The summed E-state index contributed by atoms with van der Waals surface area (Å²) in [6.07, 6.45) is 50.9. The first kappa shape index (κ1) is 43.8. The minimum atomic E-state index is 0.228. The van der Waals surface area contributed by atoms with Gasteiger partial charge in [-0.25, -0.2) is 0 Å². The molecule has 0 saturated carbocycles. The Morgan fingerprint density at radius 3 is 1.36 bits per heavy atom. The maximum absolute atomic E-state index is 6.25. The fraction of sp³-hybridized carbons (Fsp3) is 0.810. The van der Waals surface area contributed by atoms with E-state index in [1.54, 1.807) is 0 Å². The molecule has 0 spiro atoms. The monoisotopic (exact) mass is 630 g/mol. The van der Waals surface area contributed by atoms with Gasteiger partial charge in [-0.3, -0.25) is 0 Å². The van der Waals surface area contributed by atoms with Crippen LogP contribution in [0.15, 0.2) is 48.6 Å². The molecular weight excluding hydrogens is 550 g/mol. The second kappa shape index (κ2) is 40.9. The van der Waals surface area contributed by atoms with E-state index in [1.165, 1.54) is 141 Å². The van der Waals surface area contributed by atoms with Gasteiger partial charge in [0.2, 0.25) is 0 Å². The lowest BCUT2D eigenvalue weighted by molar-refractivity contribution is -0.0220. The van der Waals surface area contributed by atoms with Crippen molar-refractivity contribution in [1.82, 2.24) is 5.32 Å². The molecule has 0 saturated heterocycles. The predicted molar refractivity (Wildman–Crippen MR) is 202 cm³/mol. The highest BCUT2D eigenvalue weighted by Gasteiger charge is 2.09. The smallest absolute Gasteiger partial charge is 0.0820 e. The van der Waals surface area contributed by atoms with Gasteiger partial charge in [0, 0.05) is 13.2 Å². The normalized spacial score (nSPS) is 13.0. The Morgan fingerprint density at radius 2 is 0.889 bits per heavy atom. The summed E-state index contributed by atoms with van der Waals surface area (Å²) in [5.41, 5.74) is 0. The van der Waals surface area contributed by atoms with Crippen LogP contribution in [0.3, 0.4) is 0 Å². The van der Waals surface area contributed by atoms with E-state index in [2.05, 4.69) is 74.7 Å². The molecule has 0 amide bonds. The van der Waals surface area contributed by atoms with Crippen molar-refractivity contribution in [3.63, 3.8) is 0 Å². The van der Waals surface area contributed by atoms with Crippen LogP contribution in [-0.2, 0) is 9.47 Å². The number of nitrogens with one attached hydrogen (secondary N) is 1. The van der Waals surface area contributed by atoms with Crippen LogP contribution in [0, 0.1) is 0 Å². The number of hydrogen-bond acceptors (Lipinski definition) is 3. The van der Waals surface area contributed by atoms with E-state index in [9.17, 15) is 0 Å². The second-order valence-electron chi connectivity index (χ2n) is 12.9. The molecule has 0 bridgehead atoms. The molecule has 0 aromatic carbocycles. The molecule has 0 aromatic rings. The van der Waals surface area contributed by atoms with Crippen molar-refractivity contribution in [2.24, 2.45) is 0 Å². The quantitative estimate of drug-likeness (QED) is 0.0548. The molecule has 3 heteroatoms. The summed E-state index contributed by atoms with van der Waals surface area (Å²) in [6, 6.07) is 0. The van der Waals surface area contributed by atoms with E-state index in [4.69, 9.17) is 9.47 Å². The van der Waals surface area contributed by atoms with Crippen molar-refractivity contribution in [2.45, 2.75) is 187 Å². The number of unbranched alkanes of at least 4 members (excludes halogenated alkanes) is 18. The molecule has 1 N–H and O–H groups in total. The Balaban J connectivity index is 3.64. The molecule has 1 unspecified atom stereocenters. The number of rotatable bonds is 37. The maximum atomic E-state index is 6.25. The van der Waals surface area contributed by atoms with Gasteiger partial charge in [0.25, 0.3) is 0 Å². The molecule has 0 aliphatic carbocycles. The van der Waals surface area contributed by atoms with Gasteiger partial charge in [0.05, 0.1) is 12.7 Å². The van der Waals surface area contributed by atoms with Gasteiger partial charge in [-0.2, -0.15) is 0 Å². The van der Waals surface area contributed by atoms with Crippen molar-refractivity contribution in [1.29, 1.82) is 0 Å². The zero-order valence-electron chi connectivity index (χ0n) is 30.7. The molecule has 3 nitrogen and oxygen atoms in total. The first-order valence-electron chi connectivity index (χ1n) is 19.8. The summed E-state index contributed by atoms with van der Waals surface area (Å²) >= 11 is 0. The third-order valence-electron chi connectivity index (χ3n) is 8.38. The van der Waals surface area contributed by atoms with Crippen LogP contribution in [0.25, 0.3) is 0 Å². The average molecular weight is 630 g/mol. The molecule has 0 heterocycles. The zero-order chi connectivity index (χ0) is 32.6. The summed E-state index contributed by atoms with van der Waals surface area (Å²) in [4.78, 5) is 0. The lowest BCUT2D eigenvalue weighted by Crippen LogP contribution is -2.26. The van der Waals surface area contributed by atoms with E-state index in [1.807, 2.05) is 0 Å². The molecule has 0 aromatic heterocycles. The van der Waals surface area contributed by atoms with Gasteiger partial charge < -0.3 is 14.8 Å². The molecular formula is C42H79NO2. The van der Waals surface area contributed by atoms with E-state index in [0.717, 1.165) is 52.2 Å². The highest BCUT2D eigenvalue weighted by Crippen LogP contribution is 2.11. The van der Waals surface area contributed by atoms with Gasteiger partial charge in [0.15, 0.2) is 0 Å². The van der Waals surface area contributed by atoms with Gasteiger partial charge in [0.1, 0.15) is 0 Å². The Hall–Kier alpha value is -1.16. The van der Waals surface area contributed by atoms with E-state index < -0.39 is 0 Å². The topological polar surface area (TPSA) is 30.5 Å². The first-order valence-corrected chi connectivity index (χ1v) is 19.8. The first-order chi connectivity index (χ1) is 22.3. The summed E-state index contributed by atoms with van der Waals surface area (Å²) in [6.45, 7) is 11.2. The number of allylic oxidation sites excluding steroid dienone is 8. The summed E-state index contributed by atoms with van der Waals surface area (Å²) < 4.78 is 12.3. The highest BCUT2D eigenvalue weighted by atomic mass is 16.5. The van der Waals surface area contributed by atoms with Gasteiger partial charge in [-0.05, 0) is 96.6 Å². The zero-order valence-corrected chi connectivity index (χ0v) is 30.7. The maximum Gasteiger partial charge on any atom is 0.0820 e. The van der Waals surface area contributed by atoms with Crippen molar-refractivity contribution >= 4 is 0 Å². The SMILES string of the molecule is CCCCCC=CCC=CCCCCCCCCOCC(CCNCC)OCCCCCCCCC=CCC=CCCCCC. The molecule has 0 rings (SSSR count). The lowest BCUT2D eigenvalue weighted by atomic mass is 10.1. The van der Waals surface area contributed by atoms with Crippen molar-refractivity contribution in [2.75, 3.05) is 32.9 Å². The summed E-state index contributed by atoms with van der Waals surface area (Å²) in [5, 5.41) is 3.45. The van der Waals surface area contributed by atoms with Gasteiger partial charge in [-0.15, -0.1) is 0 Å². The number of hydrogen-bond donors (Lipinski definition) is 1. The Labute approximate surface area is 283 Å². The summed E-state index contributed by atoms with van der Waals surface area (Å²) in [7, 11) is 0. The van der Waals surface area contributed by atoms with Crippen LogP contribution < -0.4 is 5.32 Å². The van der Waals surface area contributed by atoms with Gasteiger partial charge in [-0.1, -0.05) is 146 Å². The predicted octanol–water partition coefficient (Wildman–Crippen LogP) is 13.0. The Bertz CT molecular complexity index is 653. The van der Waals surface area contributed by atoms with Crippen LogP contribution >= 0.6 is 0 Å².